The molecule has 0 spiro atoms. The summed E-state index contributed by atoms with van der Waals surface area (Å²) in [5.41, 5.74) is 1.28. The second-order valence-corrected chi connectivity index (χ2v) is 8.18. The fraction of sp³-hybridized carbons (Fsp3) is 0.600. The molecule has 0 aromatic heterocycles. The van der Waals surface area contributed by atoms with E-state index in [1.54, 1.807) is 6.92 Å². The lowest BCUT2D eigenvalue weighted by atomic mass is 10.1. The predicted octanol–water partition coefficient (Wildman–Crippen LogP) is 3.02. The molecule has 1 atom stereocenters. The van der Waals surface area contributed by atoms with Crippen molar-refractivity contribution in [3.8, 4) is 0 Å². The van der Waals surface area contributed by atoms with Crippen LogP contribution in [0.2, 0.25) is 0 Å². The van der Waals surface area contributed by atoms with Crippen LogP contribution < -0.4 is 10.2 Å². The number of anilines is 1. The van der Waals surface area contributed by atoms with Crippen LogP contribution in [-0.4, -0.2) is 74.0 Å². The highest BCUT2D eigenvalue weighted by molar-refractivity contribution is 14.0. The van der Waals surface area contributed by atoms with E-state index in [1.165, 1.54) is 12.1 Å². The van der Waals surface area contributed by atoms with Crippen molar-refractivity contribution >= 4 is 57.5 Å². The van der Waals surface area contributed by atoms with Gasteiger partial charge in [-0.25, -0.2) is 0 Å². The lowest BCUT2D eigenvalue weighted by Gasteiger charge is -2.36. The second kappa shape index (κ2) is 11.2. The molecule has 2 heterocycles. The van der Waals surface area contributed by atoms with Gasteiger partial charge in [0.25, 0.3) is 0 Å². The highest BCUT2D eigenvalue weighted by Crippen LogP contribution is 2.26. The van der Waals surface area contributed by atoms with Gasteiger partial charge in [0.05, 0.1) is 0 Å². The van der Waals surface area contributed by atoms with Crippen LogP contribution in [0, 0.1) is 5.92 Å². The van der Waals surface area contributed by atoms with Crippen LogP contribution in [0.25, 0.3) is 0 Å². The molecule has 1 aromatic carbocycles. The standard InChI is InChI=1S/C20H30BrN5O.HI/c1-3-22-20(25-11-9-24(10-12-25)16(2)27)23-14-17-7-8-26(15-17)19-6-4-5-18(21)13-19;/h4-6,13,17H,3,7-12,14-15H2,1-2H3,(H,22,23);1H. The quantitative estimate of drug-likeness (QED) is 0.348. The summed E-state index contributed by atoms with van der Waals surface area (Å²) in [5, 5.41) is 3.42. The molecule has 2 aliphatic heterocycles. The first-order valence-corrected chi connectivity index (χ1v) is 10.7. The summed E-state index contributed by atoms with van der Waals surface area (Å²) < 4.78 is 1.13. The summed E-state index contributed by atoms with van der Waals surface area (Å²) in [4.78, 5) is 23.1. The Morgan fingerprint density at radius 3 is 2.57 bits per heavy atom. The molecule has 6 nitrogen and oxygen atoms in total. The van der Waals surface area contributed by atoms with E-state index in [9.17, 15) is 4.79 Å². The largest absolute Gasteiger partial charge is 0.371 e. The number of aliphatic imine (C=N–C) groups is 1. The molecule has 0 saturated carbocycles. The van der Waals surface area contributed by atoms with E-state index >= 15 is 0 Å². The number of hydrogen-bond acceptors (Lipinski definition) is 3. The van der Waals surface area contributed by atoms with Gasteiger partial charge in [-0.3, -0.25) is 9.79 Å². The molecule has 156 valence electrons. The van der Waals surface area contributed by atoms with E-state index in [0.29, 0.717) is 5.92 Å². The molecule has 1 aromatic rings. The van der Waals surface area contributed by atoms with Gasteiger partial charge < -0.3 is 20.0 Å². The smallest absolute Gasteiger partial charge is 0.219 e. The average Bonchev–Trinajstić information content (AvgIpc) is 3.14. The number of rotatable bonds is 4. The van der Waals surface area contributed by atoms with Crippen molar-refractivity contribution in [3.63, 3.8) is 0 Å². The average molecular weight is 564 g/mol. The maximum Gasteiger partial charge on any atom is 0.219 e. The zero-order valence-corrected chi connectivity index (χ0v) is 20.7. The van der Waals surface area contributed by atoms with Gasteiger partial charge in [-0.05, 0) is 37.5 Å². The molecule has 28 heavy (non-hydrogen) atoms. The SMILES string of the molecule is CCNC(=NCC1CCN(c2cccc(Br)c2)C1)N1CCN(C(C)=O)CC1.I. The Balaban J connectivity index is 0.00000280. The molecule has 2 fully saturated rings. The van der Waals surface area contributed by atoms with Gasteiger partial charge in [-0.15, -0.1) is 24.0 Å². The number of hydrogen-bond donors (Lipinski definition) is 1. The van der Waals surface area contributed by atoms with Crippen molar-refractivity contribution in [2.45, 2.75) is 20.3 Å². The molecular formula is C20H31BrIN5O. The van der Waals surface area contributed by atoms with Crippen molar-refractivity contribution in [1.29, 1.82) is 0 Å². The van der Waals surface area contributed by atoms with Gasteiger partial charge in [0.2, 0.25) is 5.91 Å². The first-order valence-electron chi connectivity index (χ1n) is 9.86. The third-order valence-electron chi connectivity index (χ3n) is 5.32. The van der Waals surface area contributed by atoms with Crippen molar-refractivity contribution in [3.05, 3.63) is 28.7 Å². The van der Waals surface area contributed by atoms with Crippen molar-refractivity contribution in [2.24, 2.45) is 10.9 Å². The number of nitrogens with one attached hydrogen (secondary N) is 1. The molecule has 2 aliphatic rings. The van der Waals surface area contributed by atoms with Gasteiger partial charge in [-0.2, -0.15) is 0 Å². The molecule has 0 aliphatic carbocycles. The van der Waals surface area contributed by atoms with E-state index < -0.39 is 0 Å². The van der Waals surface area contributed by atoms with E-state index in [1.807, 2.05) is 4.90 Å². The van der Waals surface area contributed by atoms with Crippen LogP contribution in [0.3, 0.4) is 0 Å². The van der Waals surface area contributed by atoms with Gasteiger partial charge in [0.1, 0.15) is 0 Å². The Morgan fingerprint density at radius 2 is 1.93 bits per heavy atom. The normalized spacial score (nSPS) is 20.2. The first kappa shape index (κ1) is 23.3. The maximum absolute atomic E-state index is 11.5. The summed E-state index contributed by atoms with van der Waals surface area (Å²) in [6, 6.07) is 8.52. The summed E-state index contributed by atoms with van der Waals surface area (Å²) >= 11 is 3.56. The van der Waals surface area contributed by atoms with Crippen molar-refractivity contribution < 1.29 is 4.79 Å². The minimum absolute atomic E-state index is 0. The summed E-state index contributed by atoms with van der Waals surface area (Å²) in [6.07, 6.45) is 1.17. The number of amides is 1. The van der Waals surface area contributed by atoms with E-state index in [-0.39, 0.29) is 29.9 Å². The highest BCUT2D eigenvalue weighted by atomic mass is 127. The minimum Gasteiger partial charge on any atom is -0.371 e. The first-order chi connectivity index (χ1) is 13.1. The molecule has 3 rings (SSSR count). The fourth-order valence-electron chi connectivity index (χ4n) is 3.76. The fourth-order valence-corrected chi connectivity index (χ4v) is 4.15. The number of nitrogens with zero attached hydrogens (tertiary/aromatic N) is 4. The van der Waals surface area contributed by atoms with E-state index in [0.717, 1.165) is 62.8 Å². The number of carbonyl (C=O) groups excluding carboxylic acids is 1. The minimum atomic E-state index is 0. The van der Waals surface area contributed by atoms with Crippen molar-refractivity contribution in [2.75, 3.05) is 57.3 Å². The van der Waals surface area contributed by atoms with Crippen LogP contribution >= 0.6 is 39.9 Å². The molecular weight excluding hydrogens is 533 g/mol. The number of halogens is 2. The van der Waals surface area contributed by atoms with Crippen LogP contribution in [0.5, 0.6) is 0 Å². The van der Waals surface area contributed by atoms with E-state index in [4.69, 9.17) is 4.99 Å². The predicted molar refractivity (Wildman–Crippen MR) is 130 cm³/mol. The molecule has 2 saturated heterocycles. The Hall–Kier alpha value is -1.03. The highest BCUT2D eigenvalue weighted by Gasteiger charge is 2.24. The number of carbonyl (C=O) groups is 1. The number of benzene rings is 1. The topological polar surface area (TPSA) is 51.2 Å². The van der Waals surface area contributed by atoms with Gasteiger partial charge in [0.15, 0.2) is 5.96 Å². The maximum atomic E-state index is 11.5. The number of piperazine rings is 1. The molecule has 1 N–H and O–H groups in total. The van der Waals surface area contributed by atoms with Gasteiger partial charge >= 0.3 is 0 Å². The van der Waals surface area contributed by atoms with Crippen LogP contribution in [0.4, 0.5) is 5.69 Å². The molecule has 1 amide bonds. The zero-order valence-electron chi connectivity index (χ0n) is 16.7. The second-order valence-electron chi connectivity index (χ2n) is 7.27. The Labute approximate surface area is 193 Å². The van der Waals surface area contributed by atoms with Crippen LogP contribution in [0.15, 0.2) is 33.7 Å². The monoisotopic (exact) mass is 563 g/mol. The Kier molecular flexibility index (Phi) is 9.33. The number of guanidine groups is 1. The molecule has 0 radical (unpaired) electrons. The lowest BCUT2D eigenvalue weighted by molar-refractivity contribution is -0.130. The molecule has 0 bridgehead atoms. The van der Waals surface area contributed by atoms with Gasteiger partial charge in [-0.1, -0.05) is 22.0 Å². The third-order valence-corrected chi connectivity index (χ3v) is 5.81. The molecule has 1 unspecified atom stereocenters. The van der Waals surface area contributed by atoms with E-state index in [2.05, 4.69) is 62.2 Å². The lowest BCUT2D eigenvalue weighted by Crippen LogP contribution is -2.53. The Bertz CT molecular complexity index is 678. The van der Waals surface area contributed by atoms with Crippen LogP contribution in [0.1, 0.15) is 20.3 Å². The Morgan fingerprint density at radius 1 is 1.21 bits per heavy atom. The summed E-state index contributed by atoms with van der Waals surface area (Å²) in [6.45, 7) is 10.8. The summed E-state index contributed by atoms with van der Waals surface area (Å²) in [7, 11) is 0. The summed E-state index contributed by atoms with van der Waals surface area (Å²) in [5.74, 6) is 1.73. The molecule has 8 heteroatoms. The third kappa shape index (κ3) is 6.23. The van der Waals surface area contributed by atoms with Crippen LogP contribution in [-0.2, 0) is 4.79 Å². The zero-order chi connectivity index (χ0) is 19.2. The van der Waals surface area contributed by atoms with Gasteiger partial charge in [0, 0.05) is 69.4 Å². The van der Waals surface area contributed by atoms with Crippen molar-refractivity contribution in [1.82, 2.24) is 15.1 Å².